The number of imidazole rings is 1. The van der Waals surface area contributed by atoms with Crippen LogP contribution in [0.15, 0.2) is 54.0 Å². The van der Waals surface area contributed by atoms with Gasteiger partial charge >= 0.3 is 6.18 Å². The lowest BCUT2D eigenvalue weighted by molar-refractivity contribution is -0.137. The van der Waals surface area contributed by atoms with Gasteiger partial charge in [-0.25, -0.2) is 4.98 Å². The second-order valence-electron chi connectivity index (χ2n) is 6.79. The Morgan fingerprint density at radius 3 is 2.63 bits per heavy atom. The van der Waals surface area contributed by atoms with E-state index in [0.29, 0.717) is 5.69 Å². The average molecular weight is 450 g/mol. The zero-order valence-electron chi connectivity index (χ0n) is 15.6. The lowest BCUT2D eigenvalue weighted by Gasteiger charge is -2.11. The molecule has 1 amide bonds. The van der Waals surface area contributed by atoms with Gasteiger partial charge in [0.05, 0.1) is 28.4 Å². The molecule has 0 aliphatic heterocycles. The van der Waals surface area contributed by atoms with Crippen LogP contribution in [0.3, 0.4) is 0 Å². The van der Waals surface area contributed by atoms with Crippen LogP contribution in [-0.2, 0) is 17.4 Å². The number of rotatable bonds is 4. The maximum absolute atomic E-state index is 12.9. The van der Waals surface area contributed by atoms with Crippen molar-refractivity contribution < 1.29 is 18.0 Å². The zero-order chi connectivity index (χ0) is 21.5. The molecule has 0 radical (unpaired) electrons. The Morgan fingerprint density at radius 2 is 1.93 bits per heavy atom. The number of anilines is 1. The summed E-state index contributed by atoms with van der Waals surface area (Å²) >= 11 is 7.34. The van der Waals surface area contributed by atoms with Crippen LogP contribution in [0.4, 0.5) is 18.9 Å². The third-order valence-corrected chi connectivity index (χ3v) is 5.76. The Balaban J connectivity index is 1.55. The van der Waals surface area contributed by atoms with E-state index in [2.05, 4.69) is 10.3 Å². The number of carbonyl (C=O) groups excluding carboxylic acids is 1. The van der Waals surface area contributed by atoms with E-state index in [1.165, 1.54) is 11.3 Å². The molecule has 0 atom stereocenters. The Hall–Kier alpha value is -2.84. The molecule has 0 bridgehead atoms. The van der Waals surface area contributed by atoms with Gasteiger partial charge in [-0.15, -0.1) is 11.3 Å². The van der Waals surface area contributed by atoms with Gasteiger partial charge in [-0.05, 0) is 25.1 Å². The van der Waals surface area contributed by atoms with Crippen LogP contribution in [0, 0.1) is 6.92 Å². The summed E-state index contributed by atoms with van der Waals surface area (Å²) in [6.07, 6.45) is -2.71. The molecule has 0 aliphatic rings. The van der Waals surface area contributed by atoms with Gasteiger partial charge in [0.1, 0.15) is 0 Å². The highest BCUT2D eigenvalue weighted by Crippen LogP contribution is 2.34. The largest absolute Gasteiger partial charge is 0.416 e. The van der Waals surface area contributed by atoms with Crippen molar-refractivity contribution in [3.63, 3.8) is 0 Å². The van der Waals surface area contributed by atoms with Crippen molar-refractivity contribution in [2.75, 3.05) is 5.32 Å². The Bertz CT molecular complexity index is 1230. The van der Waals surface area contributed by atoms with Crippen LogP contribution < -0.4 is 5.32 Å². The summed E-state index contributed by atoms with van der Waals surface area (Å²) in [4.78, 5) is 17.8. The van der Waals surface area contributed by atoms with Gasteiger partial charge in [-0.1, -0.05) is 41.4 Å². The molecule has 4 nitrogen and oxygen atoms in total. The molecule has 154 valence electrons. The number of hydrogen-bond acceptors (Lipinski definition) is 3. The highest BCUT2D eigenvalue weighted by atomic mass is 35.5. The van der Waals surface area contributed by atoms with E-state index in [4.69, 9.17) is 11.6 Å². The maximum Gasteiger partial charge on any atom is 0.416 e. The van der Waals surface area contributed by atoms with E-state index in [1.807, 2.05) is 41.8 Å². The number of aryl methyl sites for hydroxylation is 1. The molecule has 4 aromatic rings. The van der Waals surface area contributed by atoms with Crippen molar-refractivity contribution in [1.82, 2.24) is 9.38 Å². The fourth-order valence-corrected chi connectivity index (χ4v) is 4.01. The normalized spacial score (nSPS) is 11.8. The zero-order valence-corrected chi connectivity index (χ0v) is 17.2. The Morgan fingerprint density at radius 1 is 1.20 bits per heavy atom. The van der Waals surface area contributed by atoms with Gasteiger partial charge in [0, 0.05) is 22.8 Å². The molecule has 2 aromatic heterocycles. The molecule has 4 rings (SSSR count). The first kappa shape index (κ1) is 20.4. The van der Waals surface area contributed by atoms with E-state index in [0.717, 1.165) is 40.0 Å². The molecule has 30 heavy (non-hydrogen) atoms. The molecule has 2 aromatic carbocycles. The number of amides is 1. The predicted molar refractivity (Wildman–Crippen MR) is 112 cm³/mol. The topological polar surface area (TPSA) is 46.4 Å². The highest BCUT2D eigenvalue weighted by Gasteiger charge is 2.31. The smallest absolute Gasteiger partial charge is 0.324 e. The highest BCUT2D eigenvalue weighted by molar-refractivity contribution is 7.15. The number of hydrogen-bond donors (Lipinski definition) is 1. The van der Waals surface area contributed by atoms with Gasteiger partial charge in [-0.3, -0.25) is 9.20 Å². The van der Waals surface area contributed by atoms with Crippen LogP contribution in [0.25, 0.3) is 16.2 Å². The van der Waals surface area contributed by atoms with Crippen molar-refractivity contribution in [3.8, 4) is 11.3 Å². The lowest BCUT2D eigenvalue weighted by Crippen LogP contribution is -2.16. The minimum Gasteiger partial charge on any atom is -0.324 e. The average Bonchev–Trinajstić information content (AvgIpc) is 3.25. The Labute approximate surface area is 178 Å². The maximum atomic E-state index is 12.9. The lowest BCUT2D eigenvalue weighted by atomic mass is 10.1. The fraction of sp³-hybridized carbons (Fsp3) is 0.143. The van der Waals surface area contributed by atoms with E-state index in [1.54, 1.807) is 5.38 Å². The number of nitrogens with one attached hydrogen (secondary N) is 1. The molecule has 0 fully saturated rings. The monoisotopic (exact) mass is 449 g/mol. The molecule has 0 unspecified atom stereocenters. The summed E-state index contributed by atoms with van der Waals surface area (Å²) in [7, 11) is 0. The minimum absolute atomic E-state index is 0.0315. The summed E-state index contributed by atoms with van der Waals surface area (Å²) in [6, 6.07) is 10.8. The van der Waals surface area contributed by atoms with Gasteiger partial charge in [0.15, 0.2) is 4.96 Å². The van der Waals surface area contributed by atoms with Crippen molar-refractivity contribution >= 4 is 39.5 Å². The number of alkyl halides is 3. The number of halogens is 4. The van der Waals surface area contributed by atoms with Gasteiger partial charge < -0.3 is 5.32 Å². The number of thiazole rings is 1. The molecule has 9 heteroatoms. The first-order valence-electron chi connectivity index (χ1n) is 8.90. The molecule has 0 spiro atoms. The molecule has 0 saturated heterocycles. The molecular formula is C21H15ClF3N3OS. The summed E-state index contributed by atoms with van der Waals surface area (Å²) in [5, 5.41) is 4.31. The first-order chi connectivity index (χ1) is 14.2. The standard InChI is InChI=1S/C21H15ClF3N3OS/c1-12-2-4-13(5-3-12)18-10-28-15(11-30-20(28)27-18)9-19(29)26-17-8-14(21(23,24)25)6-7-16(17)22/h2-8,10-11H,9H2,1H3,(H,26,29). The first-order valence-corrected chi connectivity index (χ1v) is 10.2. The predicted octanol–water partition coefficient (Wildman–Crippen LogP) is 6.22. The van der Waals surface area contributed by atoms with Crippen molar-refractivity contribution in [2.45, 2.75) is 19.5 Å². The van der Waals surface area contributed by atoms with E-state index in [-0.39, 0.29) is 17.1 Å². The number of fused-ring (bicyclic) bond motifs is 1. The van der Waals surface area contributed by atoms with Gasteiger partial charge in [0.2, 0.25) is 5.91 Å². The quantitative estimate of drug-likeness (QED) is 0.401. The number of benzene rings is 2. The molecular weight excluding hydrogens is 435 g/mol. The second-order valence-corrected chi connectivity index (χ2v) is 8.03. The van der Waals surface area contributed by atoms with Crippen LogP contribution in [0.2, 0.25) is 5.02 Å². The molecule has 2 heterocycles. The number of carbonyl (C=O) groups is 1. The van der Waals surface area contributed by atoms with E-state index >= 15 is 0 Å². The van der Waals surface area contributed by atoms with Gasteiger partial charge in [-0.2, -0.15) is 13.2 Å². The molecule has 1 N–H and O–H groups in total. The van der Waals surface area contributed by atoms with Crippen LogP contribution in [-0.4, -0.2) is 15.3 Å². The summed E-state index contributed by atoms with van der Waals surface area (Å²) in [5.74, 6) is -0.471. The summed E-state index contributed by atoms with van der Waals surface area (Å²) < 4.78 is 40.6. The summed E-state index contributed by atoms with van der Waals surface area (Å²) in [5.41, 5.74) is 2.62. The van der Waals surface area contributed by atoms with Crippen molar-refractivity contribution in [2.24, 2.45) is 0 Å². The van der Waals surface area contributed by atoms with Crippen molar-refractivity contribution in [1.29, 1.82) is 0 Å². The van der Waals surface area contributed by atoms with E-state index in [9.17, 15) is 18.0 Å². The third kappa shape index (κ3) is 4.20. The Kier molecular flexibility index (Phi) is 5.29. The fourth-order valence-electron chi connectivity index (χ4n) is 2.98. The van der Waals surface area contributed by atoms with Gasteiger partial charge in [0.25, 0.3) is 0 Å². The van der Waals surface area contributed by atoms with Crippen LogP contribution in [0.1, 0.15) is 16.8 Å². The second kappa shape index (κ2) is 7.77. The SMILES string of the molecule is Cc1ccc(-c2cn3c(CC(=O)Nc4cc(C(F)(F)F)ccc4Cl)csc3n2)cc1. The minimum atomic E-state index is -4.52. The van der Waals surface area contributed by atoms with E-state index < -0.39 is 17.6 Å². The summed E-state index contributed by atoms with van der Waals surface area (Å²) in [6.45, 7) is 2.00. The number of nitrogens with zero attached hydrogens (tertiary/aromatic N) is 2. The molecule has 0 saturated carbocycles. The number of aromatic nitrogens is 2. The van der Waals surface area contributed by atoms with Crippen LogP contribution >= 0.6 is 22.9 Å². The van der Waals surface area contributed by atoms with Crippen molar-refractivity contribution in [3.05, 3.63) is 75.9 Å². The van der Waals surface area contributed by atoms with Crippen LogP contribution in [0.5, 0.6) is 0 Å². The molecule has 0 aliphatic carbocycles. The third-order valence-electron chi connectivity index (χ3n) is 4.54.